The number of rotatable bonds is 6. The molecule has 2 fully saturated rings. The van der Waals surface area contributed by atoms with Gasteiger partial charge in [-0.1, -0.05) is 13.8 Å². The van der Waals surface area contributed by atoms with Crippen LogP contribution in [0.4, 0.5) is 0 Å². The molecule has 2 heterocycles. The van der Waals surface area contributed by atoms with Crippen LogP contribution in [0.3, 0.4) is 0 Å². The van der Waals surface area contributed by atoms with Gasteiger partial charge in [-0.3, -0.25) is 4.79 Å². The van der Waals surface area contributed by atoms with Gasteiger partial charge in [0.15, 0.2) is 0 Å². The lowest BCUT2D eigenvalue weighted by Crippen LogP contribution is -2.47. The Morgan fingerprint density at radius 3 is 2.70 bits per heavy atom. The molecule has 0 spiro atoms. The second kappa shape index (κ2) is 7.41. The van der Waals surface area contributed by atoms with Gasteiger partial charge in [-0.25, -0.2) is 0 Å². The first-order valence-electron chi connectivity index (χ1n) is 8.32. The average Bonchev–Trinajstić information content (AvgIpc) is 2.97. The number of hydrogen-bond donors (Lipinski definition) is 2. The van der Waals surface area contributed by atoms with E-state index in [1.807, 2.05) is 0 Å². The molecule has 2 N–H and O–H groups in total. The van der Waals surface area contributed by atoms with E-state index in [9.17, 15) is 4.79 Å². The Morgan fingerprint density at radius 1 is 1.30 bits per heavy atom. The maximum atomic E-state index is 12.4. The third-order valence-corrected chi connectivity index (χ3v) is 5.04. The van der Waals surface area contributed by atoms with E-state index in [1.165, 1.54) is 38.8 Å². The SMILES string of the molecule is CC(C)(C(=O)NCCCN1CCCC1)C1CCCNC1. The Labute approximate surface area is 123 Å². The van der Waals surface area contributed by atoms with Crippen molar-refractivity contribution in [2.75, 3.05) is 39.3 Å². The van der Waals surface area contributed by atoms with Crippen LogP contribution in [-0.2, 0) is 4.79 Å². The van der Waals surface area contributed by atoms with Gasteiger partial charge in [0, 0.05) is 12.0 Å². The van der Waals surface area contributed by atoms with Gasteiger partial charge in [-0.05, 0) is 70.7 Å². The number of nitrogens with zero attached hydrogens (tertiary/aromatic N) is 1. The second-order valence-corrected chi connectivity index (χ2v) is 6.92. The minimum Gasteiger partial charge on any atom is -0.356 e. The fourth-order valence-corrected chi connectivity index (χ4v) is 3.39. The zero-order chi connectivity index (χ0) is 14.4. The van der Waals surface area contributed by atoms with Crippen molar-refractivity contribution in [3.63, 3.8) is 0 Å². The van der Waals surface area contributed by atoms with E-state index in [4.69, 9.17) is 0 Å². The molecule has 1 amide bonds. The highest BCUT2D eigenvalue weighted by molar-refractivity contribution is 5.82. The maximum absolute atomic E-state index is 12.4. The first-order valence-corrected chi connectivity index (χ1v) is 8.32. The molecule has 1 unspecified atom stereocenters. The Hall–Kier alpha value is -0.610. The van der Waals surface area contributed by atoms with Crippen molar-refractivity contribution >= 4 is 5.91 Å². The minimum absolute atomic E-state index is 0.229. The predicted octanol–water partition coefficient (Wildman–Crippen LogP) is 1.61. The molecule has 0 aromatic rings. The summed E-state index contributed by atoms with van der Waals surface area (Å²) in [6.07, 6.45) is 6.12. The lowest BCUT2D eigenvalue weighted by atomic mass is 9.74. The third kappa shape index (κ3) is 4.19. The van der Waals surface area contributed by atoms with Crippen LogP contribution in [0.2, 0.25) is 0 Å². The molecule has 0 bridgehead atoms. The van der Waals surface area contributed by atoms with E-state index >= 15 is 0 Å². The van der Waals surface area contributed by atoms with Crippen LogP contribution in [0.5, 0.6) is 0 Å². The van der Waals surface area contributed by atoms with E-state index in [2.05, 4.69) is 29.4 Å². The summed E-state index contributed by atoms with van der Waals surface area (Å²) in [6.45, 7) is 10.7. The van der Waals surface area contributed by atoms with Crippen LogP contribution in [0.1, 0.15) is 46.0 Å². The predicted molar refractivity (Wildman–Crippen MR) is 82.7 cm³/mol. The topological polar surface area (TPSA) is 44.4 Å². The van der Waals surface area contributed by atoms with Gasteiger partial charge in [-0.2, -0.15) is 0 Å². The fraction of sp³-hybridized carbons (Fsp3) is 0.938. The summed E-state index contributed by atoms with van der Waals surface area (Å²) in [4.78, 5) is 14.9. The van der Waals surface area contributed by atoms with Crippen molar-refractivity contribution in [3.05, 3.63) is 0 Å². The fourth-order valence-electron chi connectivity index (χ4n) is 3.39. The van der Waals surface area contributed by atoms with Crippen LogP contribution in [0, 0.1) is 11.3 Å². The quantitative estimate of drug-likeness (QED) is 0.727. The molecule has 2 aliphatic heterocycles. The minimum atomic E-state index is -0.249. The smallest absolute Gasteiger partial charge is 0.225 e. The Balaban J connectivity index is 1.66. The monoisotopic (exact) mass is 281 g/mol. The van der Waals surface area contributed by atoms with Crippen LogP contribution < -0.4 is 10.6 Å². The largest absolute Gasteiger partial charge is 0.356 e. The Bertz CT molecular complexity index is 305. The summed E-state index contributed by atoms with van der Waals surface area (Å²) >= 11 is 0. The van der Waals surface area contributed by atoms with Crippen molar-refractivity contribution in [2.45, 2.75) is 46.0 Å². The molecular formula is C16H31N3O. The number of likely N-dealkylation sites (tertiary alicyclic amines) is 1. The van der Waals surface area contributed by atoms with Gasteiger partial charge in [0.05, 0.1) is 0 Å². The molecule has 0 aromatic carbocycles. The second-order valence-electron chi connectivity index (χ2n) is 6.92. The lowest BCUT2D eigenvalue weighted by molar-refractivity contribution is -0.132. The standard InChI is InChI=1S/C16H31N3O/c1-16(2,14-7-5-8-17-13-14)15(20)18-9-6-12-19-10-3-4-11-19/h14,17H,3-13H2,1-2H3,(H,18,20). The van der Waals surface area contributed by atoms with Gasteiger partial charge < -0.3 is 15.5 Å². The number of piperidine rings is 1. The van der Waals surface area contributed by atoms with Crippen molar-refractivity contribution < 1.29 is 4.79 Å². The van der Waals surface area contributed by atoms with Gasteiger partial charge >= 0.3 is 0 Å². The molecule has 0 saturated carbocycles. The number of carbonyl (C=O) groups is 1. The van der Waals surface area contributed by atoms with E-state index in [-0.39, 0.29) is 11.3 Å². The first-order chi connectivity index (χ1) is 9.60. The van der Waals surface area contributed by atoms with E-state index < -0.39 is 0 Å². The zero-order valence-corrected chi connectivity index (χ0v) is 13.2. The molecule has 4 heteroatoms. The van der Waals surface area contributed by atoms with Gasteiger partial charge in [-0.15, -0.1) is 0 Å². The molecule has 2 saturated heterocycles. The lowest BCUT2D eigenvalue weighted by Gasteiger charge is -2.36. The van der Waals surface area contributed by atoms with E-state index in [0.717, 1.165) is 32.6 Å². The Morgan fingerprint density at radius 2 is 2.05 bits per heavy atom. The van der Waals surface area contributed by atoms with Crippen LogP contribution in [0.25, 0.3) is 0 Å². The van der Waals surface area contributed by atoms with Crippen molar-refractivity contribution in [3.8, 4) is 0 Å². The summed E-state index contributed by atoms with van der Waals surface area (Å²) in [5.74, 6) is 0.697. The number of carbonyl (C=O) groups excluding carboxylic acids is 1. The summed E-state index contributed by atoms with van der Waals surface area (Å²) in [5, 5.41) is 6.56. The highest BCUT2D eigenvalue weighted by atomic mass is 16.2. The van der Waals surface area contributed by atoms with Gasteiger partial charge in [0.25, 0.3) is 0 Å². The summed E-state index contributed by atoms with van der Waals surface area (Å²) in [5.41, 5.74) is -0.249. The molecule has 1 atom stereocenters. The molecular weight excluding hydrogens is 250 g/mol. The highest BCUT2D eigenvalue weighted by Crippen LogP contribution is 2.31. The summed E-state index contributed by atoms with van der Waals surface area (Å²) in [7, 11) is 0. The molecule has 4 nitrogen and oxygen atoms in total. The average molecular weight is 281 g/mol. The highest BCUT2D eigenvalue weighted by Gasteiger charge is 2.36. The molecule has 2 rings (SSSR count). The Kier molecular flexibility index (Phi) is 5.85. The number of hydrogen-bond acceptors (Lipinski definition) is 3. The van der Waals surface area contributed by atoms with E-state index in [1.54, 1.807) is 0 Å². The van der Waals surface area contributed by atoms with Crippen LogP contribution >= 0.6 is 0 Å². The third-order valence-electron chi connectivity index (χ3n) is 5.04. The van der Waals surface area contributed by atoms with Crippen LogP contribution in [0.15, 0.2) is 0 Å². The summed E-state index contributed by atoms with van der Waals surface area (Å²) in [6, 6.07) is 0. The molecule has 0 aliphatic carbocycles. The molecule has 116 valence electrons. The first kappa shape index (κ1) is 15.8. The maximum Gasteiger partial charge on any atom is 0.225 e. The van der Waals surface area contributed by atoms with Crippen molar-refractivity contribution in [1.82, 2.24) is 15.5 Å². The number of nitrogens with one attached hydrogen (secondary N) is 2. The van der Waals surface area contributed by atoms with Crippen molar-refractivity contribution in [1.29, 1.82) is 0 Å². The van der Waals surface area contributed by atoms with Gasteiger partial charge in [0.1, 0.15) is 0 Å². The van der Waals surface area contributed by atoms with Gasteiger partial charge in [0.2, 0.25) is 5.91 Å². The normalized spacial score (nSPS) is 24.8. The summed E-state index contributed by atoms with van der Waals surface area (Å²) < 4.78 is 0. The molecule has 2 aliphatic rings. The number of amides is 1. The van der Waals surface area contributed by atoms with E-state index in [0.29, 0.717) is 5.92 Å². The zero-order valence-electron chi connectivity index (χ0n) is 13.2. The van der Waals surface area contributed by atoms with Crippen LogP contribution in [-0.4, -0.2) is 50.1 Å². The molecule has 20 heavy (non-hydrogen) atoms. The molecule has 0 radical (unpaired) electrons. The molecule has 0 aromatic heterocycles. The van der Waals surface area contributed by atoms with Crippen molar-refractivity contribution in [2.24, 2.45) is 11.3 Å².